The summed E-state index contributed by atoms with van der Waals surface area (Å²) in [6.45, 7) is 0.147. The van der Waals surface area contributed by atoms with Crippen molar-refractivity contribution in [2.45, 2.75) is 12.3 Å². The smallest absolute Gasteiger partial charge is 0.0702 e. The zero-order valence-corrected chi connectivity index (χ0v) is 11.2. The van der Waals surface area contributed by atoms with Crippen molar-refractivity contribution in [3.05, 3.63) is 78.0 Å². The molecule has 3 rings (SSSR count). The van der Waals surface area contributed by atoms with Crippen LogP contribution in [-0.2, 0) is 0 Å². The Morgan fingerprint density at radius 2 is 1.90 bits per heavy atom. The van der Waals surface area contributed by atoms with Crippen molar-refractivity contribution in [1.82, 2.24) is 4.98 Å². The van der Waals surface area contributed by atoms with Crippen LogP contribution in [0, 0.1) is 0 Å². The van der Waals surface area contributed by atoms with Crippen LogP contribution in [0.4, 0.5) is 0 Å². The summed E-state index contributed by atoms with van der Waals surface area (Å²) in [4.78, 5) is 4.26. The van der Waals surface area contributed by atoms with Gasteiger partial charge >= 0.3 is 0 Å². The molecule has 2 nitrogen and oxygen atoms in total. The lowest BCUT2D eigenvalue weighted by atomic mass is 9.88. The van der Waals surface area contributed by atoms with E-state index in [-0.39, 0.29) is 12.5 Å². The molecule has 1 N–H and O–H groups in total. The first-order valence-electron chi connectivity index (χ1n) is 7.30. The van der Waals surface area contributed by atoms with Crippen LogP contribution >= 0.6 is 0 Å². The van der Waals surface area contributed by atoms with Crippen LogP contribution in [0.15, 0.2) is 66.8 Å². The fourth-order valence-electron chi connectivity index (χ4n) is 2.60. The second-order valence-electron chi connectivity index (χ2n) is 4.86. The first-order chi connectivity index (χ1) is 10.3. The Morgan fingerprint density at radius 1 is 1.05 bits per heavy atom. The van der Waals surface area contributed by atoms with Crippen LogP contribution in [0.25, 0.3) is 10.9 Å². The molecular weight excluding hydrogens is 246 g/mol. The number of benzene rings is 2. The molecule has 1 heterocycles. The highest BCUT2D eigenvalue weighted by atomic mass is 16.3. The van der Waals surface area contributed by atoms with Gasteiger partial charge in [0.15, 0.2) is 0 Å². The minimum atomic E-state index is 0.147. The van der Waals surface area contributed by atoms with E-state index in [1.807, 2.05) is 30.3 Å². The molecule has 100 valence electrons. The number of rotatable bonds is 4. The molecule has 20 heavy (non-hydrogen) atoms. The van der Waals surface area contributed by atoms with Crippen molar-refractivity contribution < 1.29 is 6.48 Å². The summed E-state index contributed by atoms with van der Waals surface area (Å²) in [7, 11) is 0. The molecular formula is C18H17NO. The molecule has 0 amide bonds. The summed E-state index contributed by atoms with van der Waals surface area (Å²) in [5.74, 6) is 0.162. The Labute approximate surface area is 120 Å². The molecule has 1 aromatic heterocycles. The van der Waals surface area contributed by atoms with Gasteiger partial charge < -0.3 is 5.11 Å². The van der Waals surface area contributed by atoms with Gasteiger partial charge in [0.1, 0.15) is 0 Å². The molecule has 0 radical (unpaired) electrons. The zero-order chi connectivity index (χ0) is 14.7. The van der Waals surface area contributed by atoms with Crippen LogP contribution in [-0.4, -0.2) is 16.7 Å². The molecule has 0 aliphatic carbocycles. The molecule has 0 saturated carbocycles. The van der Waals surface area contributed by atoms with Gasteiger partial charge in [-0.2, -0.15) is 0 Å². The maximum atomic E-state index is 9.37. The van der Waals surface area contributed by atoms with E-state index in [2.05, 4.69) is 29.2 Å². The van der Waals surface area contributed by atoms with Gasteiger partial charge in [-0.25, -0.2) is 0 Å². The molecule has 1 atom stereocenters. The van der Waals surface area contributed by atoms with Crippen molar-refractivity contribution in [3.8, 4) is 0 Å². The highest BCUT2D eigenvalue weighted by molar-refractivity contribution is 5.79. The zero-order valence-electron chi connectivity index (χ0n) is 12.2. The molecule has 2 heteroatoms. The number of aromatic nitrogens is 1. The first kappa shape index (κ1) is 11.6. The van der Waals surface area contributed by atoms with E-state index < -0.39 is 0 Å². The minimum absolute atomic E-state index is 0.147. The van der Waals surface area contributed by atoms with Gasteiger partial charge in [-0.15, -0.1) is 0 Å². The van der Waals surface area contributed by atoms with Gasteiger partial charge in [0.05, 0.1) is 6.89 Å². The number of nitrogens with zero attached hydrogens (tertiary/aromatic N) is 1. The number of aliphatic hydroxyl groups is 1. The van der Waals surface area contributed by atoms with E-state index >= 15 is 0 Å². The highest BCUT2D eigenvalue weighted by Crippen LogP contribution is 2.29. The number of pyridine rings is 1. The molecule has 0 aliphatic rings. The second kappa shape index (κ2) is 5.85. The van der Waals surface area contributed by atoms with Crippen LogP contribution in [0.1, 0.15) is 24.8 Å². The molecule has 3 aromatic rings. The van der Waals surface area contributed by atoms with Gasteiger partial charge in [0.2, 0.25) is 0 Å². The Balaban J connectivity index is 2.07. The lowest BCUT2D eigenvalue weighted by Gasteiger charge is -2.17. The maximum absolute atomic E-state index is 9.37. The summed E-state index contributed by atoms with van der Waals surface area (Å²) < 4.78 is 7.70. The van der Waals surface area contributed by atoms with Crippen LogP contribution in [0.2, 0.25) is 0 Å². The normalized spacial score (nSPS) is 13.2. The van der Waals surface area contributed by atoms with Crippen LogP contribution in [0.5, 0.6) is 0 Å². The van der Waals surface area contributed by atoms with E-state index in [0.717, 1.165) is 16.5 Å². The lowest BCUT2D eigenvalue weighted by Crippen LogP contribution is -2.03. The average Bonchev–Trinajstić information content (AvgIpc) is 2.52. The second-order valence-corrected chi connectivity index (χ2v) is 4.86. The molecule has 2 aromatic carbocycles. The van der Waals surface area contributed by atoms with E-state index in [1.54, 1.807) is 6.20 Å². The van der Waals surface area contributed by atoms with Crippen LogP contribution in [0.3, 0.4) is 0 Å². The summed E-state index contributed by atoms with van der Waals surface area (Å²) >= 11 is 0. The van der Waals surface area contributed by atoms with Gasteiger partial charge in [-0.1, -0.05) is 42.5 Å². The fourth-order valence-corrected chi connectivity index (χ4v) is 2.60. The average molecular weight is 264 g/mol. The van der Waals surface area contributed by atoms with Crippen molar-refractivity contribution >= 4 is 10.9 Å². The number of fused-ring (bicyclic) bond motifs is 1. The predicted octanol–water partition coefficient (Wildman–Crippen LogP) is 3.75. The Morgan fingerprint density at radius 3 is 2.70 bits per heavy atom. The van der Waals surface area contributed by atoms with E-state index in [4.69, 9.17) is 1.37 Å². The van der Waals surface area contributed by atoms with Gasteiger partial charge in [-0.05, 0) is 35.7 Å². The van der Waals surface area contributed by atoms with Gasteiger partial charge in [0, 0.05) is 24.1 Å². The molecule has 0 spiro atoms. The van der Waals surface area contributed by atoms with Gasteiger partial charge in [0.25, 0.3) is 0 Å². The summed E-state index contributed by atoms with van der Waals surface area (Å²) in [5.41, 5.74) is 3.24. The molecule has 1 unspecified atom stereocenters. The molecule has 0 fully saturated rings. The standard InChI is InChI=1S/C18H17NO/c20-12-10-17(14-5-2-1-3-6-14)15-8-9-18-16(13-15)7-4-11-19-18/h1-9,11,13,17,20H,10,12H2/i4D. The largest absolute Gasteiger partial charge is 0.396 e. The fraction of sp³-hybridized carbons (Fsp3) is 0.167. The monoisotopic (exact) mass is 264 g/mol. The minimum Gasteiger partial charge on any atom is -0.396 e. The summed E-state index contributed by atoms with van der Waals surface area (Å²) in [6.07, 6.45) is 2.24. The van der Waals surface area contributed by atoms with Gasteiger partial charge in [-0.3, -0.25) is 4.98 Å². The third kappa shape index (κ3) is 2.56. The topological polar surface area (TPSA) is 33.1 Å². The van der Waals surface area contributed by atoms with E-state index in [9.17, 15) is 5.11 Å². The quantitative estimate of drug-likeness (QED) is 0.778. The molecule has 0 bridgehead atoms. The van der Waals surface area contributed by atoms with E-state index in [1.165, 1.54) is 5.56 Å². The Hall–Kier alpha value is -2.19. The third-order valence-electron chi connectivity index (χ3n) is 3.59. The number of aliphatic hydroxyl groups excluding tert-OH is 1. The predicted molar refractivity (Wildman–Crippen MR) is 81.7 cm³/mol. The van der Waals surface area contributed by atoms with Crippen molar-refractivity contribution in [1.29, 1.82) is 0 Å². The molecule has 0 aliphatic heterocycles. The lowest BCUT2D eigenvalue weighted by molar-refractivity contribution is 0.281. The third-order valence-corrected chi connectivity index (χ3v) is 3.59. The van der Waals surface area contributed by atoms with Crippen LogP contribution < -0.4 is 0 Å². The summed E-state index contributed by atoms with van der Waals surface area (Å²) in [5, 5.41) is 10.3. The van der Waals surface area contributed by atoms with Crippen molar-refractivity contribution in [3.63, 3.8) is 0 Å². The maximum Gasteiger partial charge on any atom is 0.0702 e. The van der Waals surface area contributed by atoms with Crippen molar-refractivity contribution in [2.24, 2.45) is 0 Å². The SMILES string of the molecule is [2H]c1cnc2ccc(C(CCO)c3ccccc3)cc2c1. The summed E-state index contributed by atoms with van der Waals surface area (Å²) in [6, 6.07) is 18.6. The highest BCUT2D eigenvalue weighted by Gasteiger charge is 2.13. The number of hydrogen-bond acceptors (Lipinski definition) is 2. The molecule has 0 saturated heterocycles. The van der Waals surface area contributed by atoms with Crippen molar-refractivity contribution in [2.75, 3.05) is 6.61 Å². The number of hydrogen-bond donors (Lipinski definition) is 1. The Bertz CT molecular complexity index is 743. The Kier molecular flexibility index (Phi) is 3.40. The van der Waals surface area contributed by atoms with E-state index in [0.29, 0.717) is 12.5 Å². The first-order valence-corrected chi connectivity index (χ1v) is 6.80.